The second kappa shape index (κ2) is 25.9. The van der Waals surface area contributed by atoms with Crippen LogP contribution in [0, 0.1) is 0 Å². The molecule has 0 saturated carbocycles. The minimum Gasteiger partial charge on any atom is -0.397 e. The highest BCUT2D eigenvalue weighted by Gasteiger charge is 2.10. The van der Waals surface area contributed by atoms with E-state index in [-0.39, 0.29) is 0 Å². The van der Waals surface area contributed by atoms with Gasteiger partial charge in [-0.3, -0.25) is 0 Å². The summed E-state index contributed by atoms with van der Waals surface area (Å²) in [5.74, 6) is 0. The lowest BCUT2D eigenvalue weighted by atomic mass is 10.0. The Morgan fingerprint density at radius 3 is 1.14 bits per heavy atom. The molecule has 29 heavy (non-hydrogen) atoms. The molecule has 0 radical (unpaired) electrons. The zero-order chi connectivity index (χ0) is 21.3. The largest absolute Gasteiger partial charge is 0.397 e. The fraction of sp³-hybridized carbons (Fsp3) is 0.923. The monoisotopic (exact) mass is 426 g/mol. The number of allylic oxidation sites excluding steroid dienone is 1. The number of unbranched alkanes of at least 4 members (excludes halogenated alkanes) is 18. The van der Waals surface area contributed by atoms with E-state index in [1.807, 2.05) is 6.08 Å². The maximum Gasteiger partial charge on any atom is 0.321 e. The predicted octanol–water partition coefficient (Wildman–Crippen LogP) is 8.88. The van der Waals surface area contributed by atoms with Crippen LogP contribution in [-0.4, -0.2) is 22.5 Å². The highest BCUT2D eigenvalue weighted by molar-refractivity contribution is 6.44. The lowest BCUT2D eigenvalue weighted by Gasteiger charge is -2.14. The molecule has 0 aliphatic heterocycles. The van der Waals surface area contributed by atoms with E-state index < -0.39 is 9.28 Å². The molecule has 0 aliphatic carbocycles. The first kappa shape index (κ1) is 28.9. The van der Waals surface area contributed by atoms with E-state index in [0.717, 1.165) is 13.2 Å². The quantitative estimate of drug-likeness (QED) is 0.0824. The fourth-order valence-corrected chi connectivity index (χ4v) is 5.81. The highest BCUT2D eigenvalue weighted by Crippen LogP contribution is 2.15. The molecule has 0 aromatic rings. The van der Waals surface area contributed by atoms with Crippen LogP contribution in [0.1, 0.15) is 136 Å². The molecule has 2 nitrogen and oxygen atoms in total. The molecule has 0 saturated heterocycles. The molecule has 0 aromatic carbocycles. The number of hydrogen-bond acceptors (Lipinski definition) is 2. The molecule has 0 aromatic heterocycles. The van der Waals surface area contributed by atoms with Gasteiger partial charge in [-0.1, -0.05) is 115 Å². The van der Waals surface area contributed by atoms with Gasteiger partial charge in [-0.15, -0.1) is 6.58 Å². The van der Waals surface area contributed by atoms with Gasteiger partial charge in [-0.25, -0.2) is 0 Å². The second-order valence-corrected chi connectivity index (χ2v) is 10.7. The lowest BCUT2D eigenvalue weighted by Crippen LogP contribution is -2.22. The van der Waals surface area contributed by atoms with Crippen molar-refractivity contribution in [2.45, 2.75) is 142 Å². The van der Waals surface area contributed by atoms with Crippen LogP contribution in [0.2, 0.25) is 6.04 Å². The minimum absolute atomic E-state index is 0.813. The Morgan fingerprint density at radius 2 is 0.828 bits per heavy atom. The first-order chi connectivity index (χ1) is 14.3. The van der Waals surface area contributed by atoms with Crippen molar-refractivity contribution in [3.63, 3.8) is 0 Å². The summed E-state index contributed by atoms with van der Waals surface area (Å²) in [4.78, 5) is 0. The van der Waals surface area contributed by atoms with Gasteiger partial charge in [0.05, 0.1) is 0 Å². The van der Waals surface area contributed by atoms with Crippen LogP contribution in [0.3, 0.4) is 0 Å². The van der Waals surface area contributed by atoms with E-state index in [4.69, 9.17) is 8.85 Å². The van der Waals surface area contributed by atoms with Gasteiger partial charge in [-0.05, 0) is 32.7 Å². The number of hydrogen-bond donors (Lipinski definition) is 0. The Labute approximate surface area is 186 Å². The molecule has 0 amide bonds. The van der Waals surface area contributed by atoms with Crippen molar-refractivity contribution in [3.8, 4) is 0 Å². The standard InChI is InChI=1S/C26H54O2Si/c1-4-7-8-9-10-11-12-13-14-15-16-17-18-19-20-21-22-23-24-25-26-29(27-5-2)28-6-3/h4,29H,1,5-26H2,2-3H3. The summed E-state index contributed by atoms with van der Waals surface area (Å²) in [5.41, 5.74) is 0. The third kappa shape index (κ3) is 24.0. The second-order valence-electron chi connectivity index (χ2n) is 8.57. The van der Waals surface area contributed by atoms with Crippen LogP contribution in [-0.2, 0) is 8.85 Å². The molecule has 0 unspecified atom stereocenters. The number of rotatable bonds is 25. The predicted molar refractivity (Wildman–Crippen MR) is 133 cm³/mol. The van der Waals surface area contributed by atoms with Crippen LogP contribution < -0.4 is 0 Å². The van der Waals surface area contributed by atoms with Crippen LogP contribution in [0.4, 0.5) is 0 Å². The Balaban J connectivity index is 3.12. The van der Waals surface area contributed by atoms with Crippen LogP contribution in [0.25, 0.3) is 0 Å². The van der Waals surface area contributed by atoms with Crippen molar-refractivity contribution < 1.29 is 8.85 Å². The fourth-order valence-electron chi connectivity index (χ4n) is 4.01. The van der Waals surface area contributed by atoms with Gasteiger partial charge in [0.25, 0.3) is 0 Å². The topological polar surface area (TPSA) is 18.5 Å². The van der Waals surface area contributed by atoms with Gasteiger partial charge in [0.2, 0.25) is 0 Å². The zero-order valence-corrected chi connectivity index (χ0v) is 21.4. The molecule has 0 atom stereocenters. The molecule has 0 aliphatic rings. The van der Waals surface area contributed by atoms with Gasteiger partial charge in [0.15, 0.2) is 0 Å². The van der Waals surface area contributed by atoms with Crippen molar-refractivity contribution in [3.05, 3.63) is 12.7 Å². The smallest absolute Gasteiger partial charge is 0.321 e. The summed E-state index contributed by atoms with van der Waals surface area (Å²) >= 11 is 0. The highest BCUT2D eigenvalue weighted by atomic mass is 28.3. The van der Waals surface area contributed by atoms with E-state index in [9.17, 15) is 0 Å². The van der Waals surface area contributed by atoms with Gasteiger partial charge in [-0.2, -0.15) is 0 Å². The van der Waals surface area contributed by atoms with Gasteiger partial charge in [0.1, 0.15) is 0 Å². The Hall–Kier alpha value is -0.123. The molecule has 0 bridgehead atoms. The van der Waals surface area contributed by atoms with Crippen LogP contribution in [0.5, 0.6) is 0 Å². The first-order valence-electron chi connectivity index (χ1n) is 13.2. The SMILES string of the molecule is C=CCCCCCCCCCCCCCCCCCCCC[SiH](OCC)OCC. The first-order valence-corrected chi connectivity index (χ1v) is 14.9. The van der Waals surface area contributed by atoms with Crippen LogP contribution >= 0.6 is 0 Å². The van der Waals surface area contributed by atoms with Gasteiger partial charge < -0.3 is 8.85 Å². The molecule has 3 heteroatoms. The maximum atomic E-state index is 5.74. The summed E-state index contributed by atoms with van der Waals surface area (Å²) in [6.45, 7) is 9.57. The van der Waals surface area contributed by atoms with E-state index >= 15 is 0 Å². The Kier molecular flexibility index (Phi) is 25.8. The molecule has 0 rings (SSSR count). The van der Waals surface area contributed by atoms with Crippen molar-refractivity contribution >= 4 is 9.28 Å². The Morgan fingerprint density at radius 1 is 0.517 bits per heavy atom. The summed E-state index contributed by atoms with van der Waals surface area (Å²) in [6, 6.07) is 1.19. The molecular formula is C26H54O2Si. The van der Waals surface area contributed by atoms with Gasteiger partial charge in [0, 0.05) is 13.2 Å². The van der Waals surface area contributed by atoms with Crippen molar-refractivity contribution in [1.82, 2.24) is 0 Å². The average molecular weight is 427 g/mol. The lowest BCUT2D eigenvalue weighted by molar-refractivity contribution is 0.212. The molecule has 0 heterocycles. The third-order valence-electron chi connectivity index (χ3n) is 5.80. The van der Waals surface area contributed by atoms with Crippen molar-refractivity contribution in [1.29, 1.82) is 0 Å². The summed E-state index contributed by atoms with van der Waals surface area (Å²) in [6.07, 6.45) is 28.9. The third-order valence-corrected chi connectivity index (χ3v) is 8.09. The summed E-state index contributed by atoms with van der Waals surface area (Å²) in [5, 5.41) is 0. The molecular weight excluding hydrogens is 372 g/mol. The van der Waals surface area contributed by atoms with E-state index in [1.165, 1.54) is 128 Å². The van der Waals surface area contributed by atoms with E-state index in [2.05, 4.69) is 20.4 Å². The minimum atomic E-state index is -1.34. The molecule has 174 valence electrons. The molecule has 0 fully saturated rings. The summed E-state index contributed by atoms with van der Waals surface area (Å²) < 4.78 is 11.5. The zero-order valence-electron chi connectivity index (χ0n) is 20.2. The Bertz CT molecular complexity index is 303. The van der Waals surface area contributed by atoms with Gasteiger partial charge >= 0.3 is 9.28 Å². The molecule has 0 spiro atoms. The maximum absolute atomic E-state index is 5.74. The summed E-state index contributed by atoms with van der Waals surface area (Å²) in [7, 11) is -1.34. The van der Waals surface area contributed by atoms with Crippen LogP contribution in [0.15, 0.2) is 12.7 Å². The normalized spacial score (nSPS) is 11.4. The average Bonchev–Trinajstić information content (AvgIpc) is 2.72. The molecule has 0 N–H and O–H groups in total. The van der Waals surface area contributed by atoms with E-state index in [1.54, 1.807) is 0 Å². The van der Waals surface area contributed by atoms with E-state index in [0.29, 0.717) is 0 Å². The van der Waals surface area contributed by atoms with Crippen molar-refractivity contribution in [2.24, 2.45) is 0 Å². The van der Waals surface area contributed by atoms with Crippen molar-refractivity contribution in [2.75, 3.05) is 13.2 Å².